The van der Waals surface area contributed by atoms with E-state index in [9.17, 15) is 14.7 Å². The Morgan fingerprint density at radius 2 is 0.588 bits per heavy atom. The zero-order valence-electron chi connectivity index (χ0n) is 43.3. The number of carbonyl (C=O) groups is 2. The molecular formula is C63H98O5. The Hall–Kier alpha value is -4.48. The van der Waals surface area contributed by atoms with Crippen molar-refractivity contribution in [1.82, 2.24) is 0 Å². The third-order valence-corrected chi connectivity index (χ3v) is 10.8. The molecular weight excluding hydrogens is 837 g/mol. The average Bonchev–Trinajstić information content (AvgIpc) is 3.34. The first-order valence-electron chi connectivity index (χ1n) is 27.0. The number of hydrogen-bond acceptors (Lipinski definition) is 5. The van der Waals surface area contributed by atoms with Crippen LogP contribution in [-0.4, -0.2) is 36.4 Å². The first-order chi connectivity index (χ1) is 33.6. The second-order valence-electron chi connectivity index (χ2n) is 17.2. The molecule has 0 heterocycles. The smallest absolute Gasteiger partial charge is 0.306 e. The van der Waals surface area contributed by atoms with E-state index in [1.165, 1.54) is 38.5 Å². The Balaban J connectivity index is 3.63. The molecule has 1 N–H and O–H groups in total. The number of aliphatic hydroxyl groups is 1. The van der Waals surface area contributed by atoms with Crippen LogP contribution in [0, 0.1) is 0 Å². The van der Waals surface area contributed by atoms with Gasteiger partial charge in [0.25, 0.3) is 0 Å². The maximum absolute atomic E-state index is 12.3. The van der Waals surface area contributed by atoms with E-state index < -0.39 is 6.10 Å². The maximum atomic E-state index is 12.3. The number of unbranched alkanes of at least 4 members (excludes halogenated alkanes) is 13. The monoisotopic (exact) mass is 935 g/mol. The van der Waals surface area contributed by atoms with E-state index in [2.05, 4.69) is 172 Å². The lowest BCUT2D eigenvalue weighted by molar-refractivity contribution is -0.161. The number of aliphatic hydroxyl groups excluding tert-OH is 1. The number of carbonyl (C=O) groups excluding carboxylic acids is 2. The molecule has 0 aliphatic rings. The molecule has 0 aromatic carbocycles. The molecule has 0 spiro atoms. The van der Waals surface area contributed by atoms with Crippen molar-refractivity contribution >= 4 is 11.9 Å². The van der Waals surface area contributed by atoms with Gasteiger partial charge in [-0.05, 0) is 122 Å². The molecule has 0 bridgehead atoms. The van der Waals surface area contributed by atoms with Crippen LogP contribution in [0.3, 0.4) is 0 Å². The lowest BCUT2D eigenvalue weighted by Gasteiger charge is -2.15. The fourth-order valence-corrected chi connectivity index (χ4v) is 6.83. The van der Waals surface area contributed by atoms with E-state index in [4.69, 9.17) is 9.47 Å². The van der Waals surface area contributed by atoms with E-state index in [1.54, 1.807) is 0 Å². The van der Waals surface area contributed by atoms with Gasteiger partial charge >= 0.3 is 11.9 Å². The first kappa shape index (κ1) is 63.5. The summed E-state index contributed by atoms with van der Waals surface area (Å²) in [4.78, 5) is 24.4. The lowest BCUT2D eigenvalue weighted by atomic mass is 10.1. The molecule has 1 unspecified atom stereocenters. The average molecular weight is 935 g/mol. The van der Waals surface area contributed by atoms with Crippen molar-refractivity contribution in [2.24, 2.45) is 0 Å². The van der Waals surface area contributed by atoms with Crippen LogP contribution in [0.25, 0.3) is 0 Å². The van der Waals surface area contributed by atoms with Gasteiger partial charge in [0.05, 0.1) is 6.61 Å². The zero-order valence-corrected chi connectivity index (χ0v) is 43.3. The summed E-state index contributed by atoms with van der Waals surface area (Å²) >= 11 is 0. The highest BCUT2D eigenvalue weighted by Crippen LogP contribution is 2.13. The van der Waals surface area contributed by atoms with Crippen LogP contribution < -0.4 is 0 Å². The summed E-state index contributed by atoms with van der Waals surface area (Å²) in [7, 11) is 0. The molecule has 0 saturated carbocycles. The first-order valence-corrected chi connectivity index (χ1v) is 27.0. The van der Waals surface area contributed by atoms with Gasteiger partial charge in [0, 0.05) is 12.8 Å². The number of ether oxygens (including phenoxy) is 2. The van der Waals surface area contributed by atoms with Crippen LogP contribution in [-0.2, 0) is 19.1 Å². The van der Waals surface area contributed by atoms with Crippen molar-refractivity contribution in [3.05, 3.63) is 158 Å². The Labute approximate surface area is 418 Å². The SMILES string of the molecule is CC/C=C\C/C=C\C/C=C\C/C=C\C/C=C\C/C=C\C/C=C\C/C=C\C/C=C\C/C=C\CCCCCCCCCCC(=O)OC(CO)COC(=O)CCCCCCC/C=C\C/C=C\C/C=C\CC. The highest BCUT2D eigenvalue weighted by Gasteiger charge is 2.16. The third-order valence-electron chi connectivity index (χ3n) is 10.8. The molecule has 0 radical (unpaired) electrons. The predicted octanol–water partition coefficient (Wildman–Crippen LogP) is 18.4. The van der Waals surface area contributed by atoms with Crippen LogP contribution in [0.4, 0.5) is 0 Å². The van der Waals surface area contributed by atoms with E-state index >= 15 is 0 Å². The number of hydrogen-bond donors (Lipinski definition) is 1. The normalized spacial score (nSPS) is 13.5. The topological polar surface area (TPSA) is 72.8 Å². The standard InChI is InChI=1S/C63H98O5/c1-3-5-7-9-11-13-15-17-19-20-21-22-23-24-25-26-27-28-29-30-31-32-33-34-35-36-37-38-39-40-41-42-44-46-48-50-52-54-56-58-63(66)68-61(59-64)60-67-62(65)57-55-53-51-49-47-45-43-18-16-14-12-10-8-6-4-2/h5-8,11-14,17-19,21-22,24-25,27-28,30-31,33-34,36-37,39-40,43,61,64H,3-4,9-10,15-16,20,23,26,29,32,35,38,41-42,44-60H2,1-2H3/b7-5-,8-6-,13-11-,14-12-,19-17-,22-21-,25-24-,28-27-,31-30-,34-33-,37-36-,40-39-,43-18-. The van der Waals surface area contributed by atoms with Gasteiger partial charge in [-0.1, -0.05) is 230 Å². The minimum Gasteiger partial charge on any atom is -0.462 e. The largest absolute Gasteiger partial charge is 0.462 e. The quantitative estimate of drug-likeness (QED) is 0.0374. The molecule has 5 nitrogen and oxygen atoms in total. The van der Waals surface area contributed by atoms with Crippen LogP contribution in [0.15, 0.2) is 158 Å². The molecule has 0 aromatic rings. The summed E-state index contributed by atoms with van der Waals surface area (Å²) in [6.45, 7) is 3.87. The Morgan fingerprint density at radius 1 is 0.338 bits per heavy atom. The van der Waals surface area contributed by atoms with Crippen molar-refractivity contribution < 1.29 is 24.2 Å². The Kier molecular flexibility index (Phi) is 53.1. The second-order valence-corrected chi connectivity index (χ2v) is 17.2. The van der Waals surface area contributed by atoms with Gasteiger partial charge < -0.3 is 14.6 Å². The third kappa shape index (κ3) is 54.1. The van der Waals surface area contributed by atoms with Crippen LogP contribution in [0.5, 0.6) is 0 Å². The molecule has 0 aliphatic heterocycles. The van der Waals surface area contributed by atoms with Gasteiger partial charge in [0.15, 0.2) is 6.10 Å². The zero-order chi connectivity index (χ0) is 49.2. The molecule has 0 amide bonds. The van der Waals surface area contributed by atoms with Gasteiger partial charge in [0.2, 0.25) is 0 Å². The van der Waals surface area contributed by atoms with Gasteiger partial charge in [-0.3, -0.25) is 9.59 Å². The molecule has 0 saturated heterocycles. The maximum Gasteiger partial charge on any atom is 0.306 e. The van der Waals surface area contributed by atoms with Crippen molar-refractivity contribution in [3.63, 3.8) is 0 Å². The summed E-state index contributed by atoms with van der Waals surface area (Å²) < 4.78 is 10.6. The highest BCUT2D eigenvalue weighted by molar-refractivity contribution is 5.70. The van der Waals surface area contributed by atoms with Gasteiger partial charge in [-0.2, -0.15) is 0 Å². The number of rotatable bonds is 47. The summed E-state index contributed by atoms with van der Waals surface area (Å²) in [5, 5.41) is 9.62. The summed E-state index contributed by atoms with van der Waals surface area (Å²) in [6.07, 6.45) is 87.7. The van der Waals surface area contributed by atoms with E-state index in [0.29, 0.717) is 12.8 Å². The van der Waals surface area contributed by atoms with E-state index in [1.807, 2.05) is 0 Å². The molecule has 5 heteroatoms. The van der Waals surface area contributed by atoms with Crippen molar-refractivity contribution in [3.8, 4) is 0 Å². The van der Waals surface area contributed by atoms with Crippen molar-refractivity contribution in [2.75, 3.05) is 13.2 Å². The van der Waals surface area contributed by atoms with Crippen molar-refractivity contribution in [2.45, 2.75) is 213 Å². The molecule has 68 heavy (non-hydrogen) atoms. The predicted molar refractivity (Wildman–Crippen MR) is 297 cm³/mol. The fourth-order valence-electron chi connectivity index (χ4n) is 6.83. The van der Waals surface area contributed by atoms with Gasteiger partial charge in [-0.25, -0.2) is 0 Å². The molecule has 1 atom stereocenters. The van der Waals surface area contributed by atoms with Gasteiger partial charge in [0.1, 0.15) is 6.61 Å². The second kappa shape index (κ2) is 56.8. The number of allylic oxidation sites excluding steroid dienone is 26. The van der Waals surface area contributed by atoms with Crippen LogP contribution >= 0.6 is 0 Å². The number of esters is 2. The van der Waals surface area contributed by atoms with Crippen LogP contribution in [0.2, 0.25) is 0 Å². The Morgan fingerprint density at radius 3 is 0.882 bits per heavy atom. The minimum atomic E-state index is -0.795. The highest BCUT2D eigenvalue weighted by atomic mass is 16.6. The molecule has 0 rings (SSSR count). The molecule has 0 fully saturated rings. The summed E-state index contributed by atoms with van der Waals surface area (Å²) in [6, 6.07) is 0. The summed E-state index contributed by atoms with van der Waals surface area (Å²) in [5.74, 6) is -0.632. The molecule has 380 valence electrons. The lowest BCUT2D eigenvalue weighted by Crippen LogP contribution is -2.28. The van der Waals surface area contributed by atoms with E-state index in [-0.39, 0.29) is 25.2 Å². The van der Waals surface area contributed by atoms with E-state index in [0.717, 1.165) is 141 Å². The minimum absolute atomic E-state index is 0.0878. The molecule has 0 aliphatic carbocycles. The molecule has 0 aromatic heterocycles. The van der Waals surface area contributed by atoms with Crippen molar-refractivity contribution in [1.29, 1.82) is 0 Å². The fraction of sp³-hybridized carbons (Fsp3) is 0.556. The van der Waals surface area contributed by atoms with Crippen LogP contribution in [0.1, 0.15) is 206 Å². The Bertz CT molecular complexity index is 1520. The van der Waals surface area contributed by atoms with Gasteiger partial charge in [-0.15, -0.1) is 0 Å². The summed E-state index contributed by atoms with van der Waals surface area (Å²) in [5.41, 5.74) is 0.